The van der Waals surface area contributed by atoms with E-state index in [0.717, 1.165) is 28.5 Å². The van der Waals surface area contributed by atoms with Crippen molar-refractivity contribution in [3.05, 3.63) is 54.1 Å². The van der Waals surface area contributed by atoms with E-state index in [-0.39, 0.29) is 0 Å². The van der Waals surface area contributed by atoms with Crippen LogP contribution in [0.4, 0.5) is 5.13 Å². The summed E-state index contributed by atoms with van der Waals surface area (Å²) in [4.78, 5) is 4.57. The minimum absolute atomic E-state index is 0.679. The summed E-state index contributed by atoms with van der Waals surface area (Å²) in [6.07, 6.45) is 0. The number of rotatable bonds is 5. The van der Waals surface area contributed by atoms with Gasteiger partial charge in [0.2, 0.25) is 0 Å². The highest BCUT2D eigenvalue weighted by Crippen LogP contribution is 2.26. The average Bonchev–Trinajstić information content (AvgIpc) is 2.89. The molecule has 0 aliphatic rings. The van der Waals surface area contributed by atoms with E-state index in [1.165, 1.54) is 4.70 Å². The van der Waals surface area contributed by atoms with Crippen LogP contribution in [-0.4, -0.2) is 11.6 Å². The molecular formula is C16H16N2OS. The van der Waals surface area contributed by atoms with Gasteiger partial charge in [0.1, 0.15) is 5.75 Å². The summed E-state index contributed by atoms with van der Waals surface area (Å²) in [6.45, 7) is 3.39. The molecule has 1 heterocycles. The van der Waals surface area contributed by atoms with E-state index in [2.05, 4.69) is 22.4 Å². The van der Waals surface area contributed by atoms with Crippen LogP contribution >= 0.6 is 11.3 Å². The largest absolute Gasteiger partial charge is 0.494 e. The molecule has 0 aliphatic heterocycles. The molecule has 3 nitrogen and oxygen atoms in total. The van der Waals surface area contributed by atoms with E-state index in [4.69, 9.17) is 4.74 Å². The molecule has 20 heavy (non-hydrogen) atoms. The Morgan fingerprint density at radius 3 is 2.75 bits per heavy atom. The van der Waals surface area contributed by atoms with Crippen molar-refractivity contribution in [3.63, 3.8) is 0 Å². The number of hydrogen-bond donors (Lipinski definition) is 1. The first-order chi connectivity index (χ1) is 9.86. The van der Waals surface area contributed by atoms with E-state index in [9.17, 15) is 0 Å². The number of ether oxygens (including phenoxy) is 1. The molecule has 102 valence electrons. The van der Waals surface area contributed by atoms with Crippen LogP contribution < -0.4 is 10.1 Å². The van der Waals surface area contributed by atoms with Crippen molar-refractivity contribution >= 4 is 26.7 Å². The second-order valence-electron chi connectivity index (χ2n) is 4.38. The van der Waals surface area contributed by atoms with Crippen molar-refractivity contribution < 1.29 is 4.74 Å². The lowest BCUT2D eigenvalue weighted by atomic mass is 10.2. The zero-order valence-electron chi connectivity index (χ0n) is 11.3. The number of nitrogens with one attached hydrogen (secondary N) is 1. The number of aromatic nitrogens is 1. The van der Waals surface area contributed by atoms with Crippen molar-refractivity contribution in [1.82, 2.24) is 4.98 Å². The molecule has 0 saturated carbocycles. The Morgan fingerprint density at radius 2 is 1.90 bits per heavy atom. The topological polar surface area (TPSA) is 34.1 Å². The first kappa shape index (κ1) is 12.9. The maximum atomic E-state index is 5.63. The predicted octanol–water partition coefficient (Wildman–Crippen LogP) is 4.31. The van der Waals surface area contributed by atoms with Gasteiger partial charge in [-0.15, -0.1) is 0 Å². The van der Waals surface area contributed by atoms with Gasteiger partial charge in [-0.05, 0) is 25.1 Å². The highest BCUT2D eigenvalue weighted by Gasteiger charge is 2.05. The van der Waals surface area contributed by atoms with Crippen LogP contribution in [0.1, 0.15) is 12.5 Å². The van der Waals surface area contributed by atoms with Crippen LogP contribution in [0.3, 0.4) is 0 Å². The summed E-state index contributed by atoms with van der Waals surface area (Å²) in [5.41, 5.74) is 2.19. The number of thiazole rings is 1. The van der Waals surface area contributed by atoms with Crippen LogP contribution in [0.2, 0.25) is 0 Å². The fourth-order valence-electron chi connectivity index (χ4n) is 2.06. The number of para-hydroxylation sites is 2. The molecule has 0 atom stereocenters. The molecule has 0 amide bonds. The zero-order valence-corrected chi connectivity index (χ0v) is 12.1. The standard InChI is InChI=1S/C16H16N2OS/c1-2-19-14-9-5-3-7-12(14)11-17-16-18-13-8-4-6-10-15(13)20-16/h3-10H,2,11H2,1H3,(H,17,18). The fraction of sp³-hybridized carbons (Fsp3) is 0.188. The molecule has 0 fully saturated rings. The Labute approximate surface area is 122 Å². The quantitative estimate of drug-likeness (QED) is 0.758. The maximum absolute atomic E-state index is 5.63. The average molecular weight is 284 g/mol. The summed E-state index contributed by atoms with van der Waals surface area (Å²) in [6, 6.07) is 16.3. The van der Waals surface area contributed by atoms with E-state index >= 15 is 0 Å². The molecule has 3 rings (SSSR count). The third-order valence-corrected chi connectivity index (χ3v) is 3.99. The van der Waals surface area contributed by atoms with Crippen molar-refractivity contribution in [1.29, 1.82) is 0 Å². The molecule has 0 saturated heterocycles. The van der Waals surface area contributed by atoms with Gasteiger partial charge in [-0.25, -0.2) is 4.98 Å². The van der Waals surface area contributed by atoms with Gasteiger partial charge >= 0.3 is 0 Å². The van der Waals surface area contributed by atoms with Gasteiger partial charge < -0.3 is 10.1 Å². The van der Waals surface area contributed by atoms with E-state index in [1.54, 1.807) is 11.3 Å². The van der Waals surface area contributed by atoms with E-state index < -0.39 is 0 Å². The molecule has 0 unspecified atom stereocenters. The summed E-state index contributed by atoms with van der Waals surface area (Å²) >= 11 is 1.67. The van der Waals surface area contributed by atoms with Crippen LogP contribution in [0.25, 0.3) is 10.2 Å². The summed E-state index contributed by atoms with van der Waals surface area (Å²) in [5, 5.41) is 4.32. The molecule has 1 aromatic heterocycles. The maximum Gasteiger partial charge on any atom is 0.184 e. The smallest absolute Gasteiger partial charge is 0.184 e. The van der Waals surface area contributed by atoms with Gasteiger partial charge in [-0.3, -0.25) is 0 Å². The van der Waals surface area contributed by atoms with Crippen LogP contribution in [0.5, 0.6) is 5.75 Å². The van der Waals surface area contributed by atoms with Gasteiger partial charge in [0.05, 0.1) is 16.8 Å². The Morgan fingerprint density at radius 1 is 1.10 bits per heavy atom. The second-order valence-corrected chi connectivity index (χ2v) is 5.41. The van der Waals surface area contributed by atoms with Crippen LogP contribution in [0.15, 0.2) is 48.5 Å². The van der Waals surface area contributed by atoms with Crippen molar-refractivity contribution in [2.24, 2.45) is 0 Å². The first-order valence-electron chi connectivity index (χ1n) is 6.67. The second kappa shape index (κ2) is 5.92. The lowest BCUT2D eigenvalue weighted by Gasteiger charge is -2.10. The molecule has 2 aromatic carbocycles. The zero-order chi connectivity index (χ0) is 13.8. The monoisotopic (exact) mass is 284 g/mol. The van der Waals surface area contributed by atoms with Gasteiger partial charge in [0, 0.05) is 12.1 Å². The van der Waals surface area contributed by atoms with E-state index in [1.807, 2.05) is 43.3 Å². The van der Waals surface area contributed by atoms with Gasteiger partial charge in [0.25, 0.3) is 0 Å². The summed E-state index contributed by atoms with van der Waals surface area (Å²) < 4.78 is 6.83. The fourth-order valence-corrected chi connectivity index (χ4v) is 2.93. The Balaban J connectivity index is 1.76. The number of anilines is 1. The summed E-state index contributed by atoms with van der Waals surface area (Å²) in [5.74, 6) is 0.934. The molecule has 4 heteroatoms. The molecule has 3 aromatic rings. The predicted molar refractivity (Wildman–Crippen MR) is 84.6 cm³/mol. The van der Waals surface area contributed by atoms with Crippen LogP contribution in [-0.2, 0) is 6.54 Å². The molecule has 0 spiro atoms. The molecule has 1 N–H and O–H groups in total. The number of nitrogens with zero attached hydrogens (tertiary/aromatic N) is 1. The molecule has 0 aliphatic carbocycles. The van der Waals surface area contributed by atoms with Crippen molar-refractivity contribution in [3.8, 4) is 5.75 Å². The first-order valence-corrected chi connectivity index (χ1v) is 7.48. The molecule has 0 bridgehead atoms. The highest BCUT2D eigenvalue weighted by atomic mass is 32.1. The third-order valence-electron chi connectivity index (χ3n) is 3.00. The Bertz CT molecular complexity index is 675. The highest BCUT2D eigenvalue weighted by molar-refractivity contribution is 7.22. The van der Waals surface area contributed by atoms with E-state index in [0.29, 0.717) is 6.61 Å². The van der Waals surface area contributed by atoms with Crippen molar-refractivity contribution in [2.75, 3.05) is 11.9 Å². The molecule has 0 radical (unpaired) electrons. The lowest BCUT2D eigenvalue weighted by molar-refractivity contribution is 0.337. The van der Waals surface area contributed by atoms with Crippen molar-refractivity contribution in [2.45, 2.75) is 13.5 Å². The minimum atomic E-state index is 0.679. The number of benzene rings is 2. The SMILES string of the molecule is CCOc1ccccc1CNc1nc2ccccc2s1. The van der Waals surface area contributed by atoms with Gasteiger partial charge in [0.15, 0.2) is 5.13 Å². The number of fused-ring (bicyclic) bond motifs is 1. The Hall–Kier alpha value is -2.07. The van der Waals surface area contributed by atoms with Gasteiger partial charge in [-0.2, -0.15) is 0 Å². The Kier molecular flexibility index (Phi) is 3.83. The normalized spacial score (nSPS) is 10.7. The summed E-state index contributed by atoms with van der Waals surface area (Å²) in [7, 11) is 0. The van der Waals surface area contributed by atoms with Gasteiger partial charge in [-0.1, -0.05) is 41.7 Å². The third kappa shape index (κ3) is 2.75. The molecular weight excluding hydrogens is 268 g/mol. The minimum Gasteiger partial charge on any atom is -0.494 e. The van der Waals surface area contributed by atoms with Crippen LogP contribution in [0, 0.1) is 0 Å². The lowest BCUT2D eigenvalue weighted by Crippen LogP contribution is -2.02. The number of hydrogen-bond acceptors (Lipinski definition) is 4.